The Balaban J connectivity index is 2.27. The summed E-state index contributed by atoms with van der Waals surface area (Å²) >= 11 is 0. The van der Waals surface area contributed by atoms with Crippen molar-refractivity contribution in [1.29, 1.82) is 0 Å². The molecule has 1 heterocycles. The maximum Gasteiger partial charge on any atom is 0.267 e. The molecule has 0 unspecified atom stereocenters. The Labute approximate surface area is 131 Å². The molecule has 0 radical (unpaired) electrons. The Kier molecular flexibility index (Phi) is 4.90. The van der Waals surface area contributed by atoms with E-state index >= 15 is 0 Å². The summed E-state index contributed by atoms with van der Waals surface area (Å²) in [5.74, 6) is 0.294. The zero-order valence-electron chi connectivity index (χ0n) is 13.4. The molecule has 0 saturated carbocycles. The van der Waals surface area contributed by atoms with Crippen molar-refractivity contribution < 1.29 is 12.9 Å². The van der Waals surface area contributed by atoms with Crippen molar-refractivity contribution in [2.45, 2.75) is 51.9 Å². The van der Waals surface area contributed by atoms with Crippen LogP contribution in [0.3, 0.4) is 0 Å². The van der Waals surface area contributed by atoms with E-state index in [0.717, 1.165) is 24.8 Å². The Morgan fingerprint density at radius 1 is 1.23 bits per heavy atom. The van der Waals surface area contributed by atoms with Gasteiger partial charge in [-0.1, -0.05) is 30.6 Å². The summed E-state index contributed by atoms with van der Waals surface area (Å²) in [6, 6.07) is 5.81. The second-order valence-electron chi connectivity index (χ2n) is 5.51. The first-order chi connectivity index (χ1) is 10.3. The van der Waals surface area contributed by atoms with Gasteiger partial charge in [0.05, 0.1) is 5.69 Å². The lowest BCUT2D eigenvalue weighted by atomic mass is 10.1. The minimum atomic E-state index is -3.69. The molecule has 22 heavy (non-hydrogen) atoms. The van der Waals surface area contributed by atoms with Crippen LogP contribution in [0.4, 0.5) is 5.69 Å². The van der Waals surface area contributed by atoms with Gasteiger partial charge in [0, 0.05) is 0 Å². The van der Waals surface area contributed by atoms with Crippen molar-refractivity contribution in [2.24, 2.45) is 0 Å². The Morgan fingerprint density at radius 3 is 2.50 bits per heavy atom. The molecule has 6 heteroatoms. The van der Waals surface area contributed by atoms with E-state index in [1.165, 1.54) is 5.56 Å². The van der Waals surface area contributed by atoms with Crippen molar-refractivity contribution in [1.82, 2.24) is 5.16 Å². The van der Waals surface area contributed by atoms with Gasteiger partial charge in [-0.15, -0.1) is 0 Å². The van der Waals surface area contributed by atoms with Crippen LogP contribution in [-0.2, 0) is 16.4 Å². The number of nitrogens with one attached hydrogen (secondary N) is 1. The molecule has 0 amide bonds. The van der Waals surface area contributed by atoms with Crippen LogP contribution >= 0.6 is 0 Å². The van der Waals surface area contributed by atoms with Crippen LogP contribution in [0.1, 0.15) is 42.3 Å². The third kappa shape index (κ3) is 3.50. The van der Waals surface area contributed by atoms with Gasteiger partial charge in [0.2, 0.25) is 0 Å². The van der Waals surface area contributed by atoms with Crippen LogP contribution in [0.15, 0.2) is 27.6 Å². The lowest BCUT2D eigenvalue weighted by molar-refractivity contribution is 0.390. The molecule has 0 atom stereocenters. The highest BCUT2D eigenvalue weighted by Gasteiger charge is 2.24. The number of nitrogens with zero attached hydrogens (tertiary/aromatic N) is 1. The lowest BCUT2D eigenvalue weighted by Gasteiger charge is -2.11. The monoisotopic (exact) mass is 322 g/mol. The van der Waals surface area contributed by atoms with E-state index < -0.39 is 10.0 Å². The van der Waals surface area contributed by atoms with Gasteiger partial charge >= 0.3 is 0 Å². The third-order valence-corrected chi connectivity index (χ3v) is 5.20. The average molecular weight is 322 g/mol. The van der Waals surface area contributed by atoms with Gasteiger partial charge in [-0.25, -0.2) is 8.42 Å². The normalized spacial score (nSPS) is 11.6. The van der Waals surface area contributed by atoms with Gasteiger partial charge < -0.3 is 4.52 Å². The maximum atomic E-state index is 12.5. The molecular weight excluding hydrogens is 300 g/mol. The van der Waals surface area contributed by atoms with E-state index in [1.54, 1.807) is 13.8 Å². The van der Waals surface area contributed by atoms with E-state index in [2.05, 4.69) is 16.8 Å². The molecule has 1 aromatic heterocycles. The van der Waals surface area contributed by atoms with Crippen LogP contribution in [0.25, 0.3) is 0 Å². The first kappa shape index (κ1) is 16.5. The van der Waals surface area contributed by atoms with E-state index in [9.17, 15) is 8.42 Å². The van der Waals surface area contributed by atoms with E-state index in [4.69, 9.17) is 4.52 Å². The first-order valence-corrected chi connectivity index (χ1v) is 8.88. The van der Waals surface area contributed by atoms with Gasteiger partial charge in [0.25, 0.3) is 10.0 Å². The summed E-state index contributed by atoms with van der Waals surface area (Å²) in [5.41, 5.74) is 3.08. The third-order valence-electron chi connectivity index (χ3n) is 3.59. The number of hydrogen-bond donors (Lipinski definition) is 1. The Morgan fingerprint density at radius 2 is 1.95 bits per heavy atom. The zero-order chi connectivity index (χ0) is 16.3. The van der Waals surface area contributed by atoms with E-state index in [0.29, 0.717) is 17.1 Å². The summed E-state index contributed by atoms with van der Waals surface area (Å²) in [6.45, 7) is 7.26. The van der Waals surface area contributed by atoms with Crippen LogP contribution in [0.5, 0.6) is 0 Å². The SMILES string of the molecule is CCCCc1ccc(NS(=O)(=O)c2c(C)noc2C)c(C)c1. The predicted molar refractivity (Wildman–Crippen MR) is 86.6 cm³/mol. The van der Waals surface area contributed by atoms with E-state index in [-0.39, 0.29) is 4.90 Å². The molecule has 0 aliphatic heterocycles. The van der Waals surface area contributed by atoms with Gasteiger partial charge in [-0.3, -0.25) is 4.72 Å². The van der Waals surface area contributed by atoms with Crippen molar-refractivity contribution in [3.8, 4) is 0 Å². The lowest BCUT2D eigenvalue weighted by Crippen LogP contribution is -2.15. The molecule has 0 saturated heterocycles. The summed E-state index contributed by atoms with van der Waals surface area (Å²) in [6.07, 6.45) is 3.28. The fraction of sp³-hybridized carbons (Fsp3) is 0.438. The maximum absolute atomic E-state index is 12.5. The molecule has 0 aliphatic carbocycles. The van der Waals surface area contributed by atoms with Crippen molar-refractivity contribution in [3.63, 3.8) is 0 Å². The fourth-order valence-corrected chi connectivity index (χ4v) is 3.89. The molecular formula is C16H22N2O3S. The Hall–Kier alpha value is -1.82. The second kappa shape index (κ2) is 6.52. The number of rotatable bonds is 6. The summed E-state index contributed by atoms with van der Waals surface area (Å²) in [7, 11) is -3.69. The highest BCUT2D eigenvalue weighted by Crippen LogP contribution is 2.25. The second-order valence-corrected chi connectivity index (χ2v) is 7.13. The number of unbranched alkanes of at least 4 members (excludes halogenated alkanes) is 1. The van der Waals surface area contributed by atoms with Crippen molar-refractivity contribution >= 4 is 15.7 Å². The van der Waals surface area contributed by atoms with Gasteiger partial charge in [0.15, 0.2) is 10.7 Å². The van der Waals surface area contributed by atoms with Gasteiger partial charge in [-0.05, 0) is 50.8 Å². The zero-order valence-corrected chi connectivity index (χ0v) is 14.3. The highest BCUT2D eigenvalue weighted by atomic mass is 32.2. The molecule has 1 N–H and O–H groups in total. The van der Waals surface area contributed by atoms with E-state index in [1.807, 2.05) is 25.1 Å². The fourth-order valence-electron chi connectivity index (χ4n) is 2.43. The topological polar surface area (TPSA) is 72.2 Å². The smallest absolute Gasteiger partial charge is 0.267 e. The van der Waals surface area contributed by atoms with Crippen molar-refractivity contribution in [2.75, 3.05) is 4.72 Å². The predicted octanol–water partition coefficient (Wildman–Crippen LogP) is 3.74. The van der Waals surface area contributed by atoms with Gasteiger partial charge in [0.1, 0.15) is 5.69 Å². The highest BCUT2D eigenvalue weighted by molar-refractivity contribution is 7.92. The quantitative estimate of drug-likeness (QED) is 0.879. The number of sulfonamides is 1. The van der Waals surface area contributed by atoms with Crippen LogP contribution in [0.2, 0.25) is 0 Å². The average Bonchev–Trinajstić information content (AvgIpc) is 2.79. The molecule has 2 aromatic rings. The number of anilines is 1. The number of aromatic nitrogens is 1. The molecule has 0 spiro atoms. The summed E-state index contributed by atoms with van der Waals surface area (Å²) in [5, 5.41) is 3.70. The molecule has 2 rings (SSSR count). The minimum absolute atomic E-state index is 0.113. The molecule has 5 nitrogen and oxygen atoms in total. The van der Waals surface area contributed by atoms with Crippen LogP contribution < -0.4 is 4.72 Å². The molecule has 1 aromatic carbocycles. The first-order valence-electron chi connectivity index (χ1n) is 7.40. The van der Waals surface area contributed by atoms with Crippen LogP contribution in [0, 0.1) is 20.8 Å². The molecule has 0 bridgehead atoms. The number of aryl methyl sites for hydroxylation is 4. The largest absolute Gasteiger partial charge is 0.360 e. The summed E-state index contributed by atoms with van der Waals surface area (Å²) < 4.78 is 32.6. The van der Waals surface area contributed by atoms with Gasteiger partial charge in [-0.2, -0.15) is 0 Å². The molecule has 120 valence electrons. The number of benzene rings is 1. The van der Waals surface area contributed by atoms with Crippen molar-refractivity contribution in [3.05, 3.63) is 40.8 Å². The van der Waals surface area contributed by atoms with Crippen LogP contribution in [-0.4, -0.2) is 13.6 Å². The summed E-state index contributed by atoms with van der Waals surface area (Å²) in [4.78, 5) is 0.113. The Bertz CT molecular complexity index is 744. The molecule has 0 fully saturated rings. The minimum Gasteiger partial charge on any atom is -0.360 e. The standard InChI is InChI=1S/C16H22N2O3S/c1-5-6-7-14-8-9-15(11(2)10-14)18-22(19,20)16-12(3)17-21-13(16)4/h8-10,18H,5-7H2,1-4H3. The molecule has 0 aliphatic rings. The number of hydrogen-bond acceptors (Lipinski definition) is 4.